The number of thiazole rings is 1. The van der Waals surface area contributed by atoms with Crippen molar-refractivity contribution in [2.45, 2.75) is 20.3 Å². The Hall–Kier alpha value is -2.06. The molecule has 0 fully saturated rings. The minimum Gasteiger partial charge on any atom is -0.459 e. The smallest absolute Gasteiger partial charge is 0.232 e. The third kappa shape index (κ3) is 3.34. The van der Waals surface area contributed by atoms with Gasteiger partial charge in [0.2, 0.25) is 11.0 Å². The van der Waals surface area contributed by atoms with Crippen LogP contribution in [-0.2, 0) is 11.2 Å². The molecule has 3 aromatic heterocycles. The van der Waals surface area contributed by atoms with Crippen LogP contribution in [0, 0.1) is 13.8 Å². The summed E-state index contributed by atoms with van der Waals surface area (Å²) >= 11 is 2.80. The molecule has 1 amide bonds. The SMILES string of the molecule is Cc1ccc(-c2nc(CC(=O)Nc3nnc(C)s3)cs2)o1. The molecule has 8 heteroatoms. The van der Waals surface area contributed by atoms with E-state index < -0.39 is 0 Å². The number of hydrogen-bond acceptors (Lipinski definition) is 7. The van der Waals surface area contributed by atoms with E-state index in [1.807, 2.05) is 31.4 Å². The van der Waals surface area contributed by atoms with Gasteiger partial charge in [0, 0.05) is 5.38 Å². The quantitative estimate of drug-likeness (QED) is 0.799. The normalized spacial score (nSPS) is 10.8. The van der Waals surface area contributed by atoms with Crippen LogP contribution in [0.25, 0.3) is 10.8 Å². The highest BCUT2D eigenvalue weighted by Gasteiger charge is 2.12. The van der Waals surface area contributed by atoms with E-state index in [0.717, 1.165) is 21.5 Å². The van der Waals surface area contributed by atoms with Crippen molar-refractivity contribution in [3.8, 4) is 10.8 Å². The zero-order valence-electron chi connectivity index (χ0n) is 11.4. The molecule has 0 atom stereocenters. The van der Waals surface area contributed by atoms with Crippen LogP contribution in [0.2, 0.25) is 0 Å². The minimum atomic E-state index is -0.154. The molecule has 0 aliphatic carbocycles. The first-order valence-electron chi connectivity index (χ1n) is 6.21. The van der Waals surface area contributed by atoms with Gasteiger partial charge in [0.05, 0.1) is 12.1 Å². The number of furan rings is 1. The summed E-state index contributed by atoms with van der Waals surface area (Å²) in [4.78, 5) is 16.3. The van der Waals surface area contributed by atoms with Gasteiger partial charge in [0.25, 0.3) is 0 Å². The number of nitrogens with one attached hydrogen (secondary N) is 1. The molecule has 3 rings (SSSR count). The number of hydrogen-bond donors (Lipinski definition) is 1. The van der Waals surface area contributed by atoms with Crippen LogP contribution in [-0.4, -0.2) is 21.1 Å². The summed E-state index contributed by atoms with van der Waals surface area (Å²) in [5, 5.41) is 14.4. The summed E-state index contributed by atoms with van der Waals surface area (Å²) < 4.78 is 5.52. The fraction of sp³-hybridized carbons (Fsp3) is 0.231. The third-order valence-corrected chi connectivity index (χ3v) is 4.28. The lowest BCUT2D eigenvalue weighted by Crippen LogP contribution is -2.14. The largest absolute Gasteiger partial charge is 0.459 e. The summed E-state index contributed by atoms with van der Waals surface area (Å²) in [6.07, 6.45) is 0.203. The van der Waals surface area contributed by atoms with Gasteiger partial charge in [-0.2, -0.15) is 0 Å². The first-order chi connectivity index (χ1) is 10.1. The maximum Gasteiger partial charge on any atom is 0.232 e. The average molecular weight is 320 g/mol. The zero-order valence-corrected chi connectivity index (χ0v) is 13.0. The van der Waals surface area contributed by atoms with Crippen molar-refractivity contribution in [1.29, 1.82) is 0 Å². The van der Waals surface area contributed by atoms with E-state index in [9.17, 15) is 4.79 Å². The first kappa shape index (κ1) is 13.9. The predicted molar refractivity (Wildman–Crippen MR) is 81.5 cm³/mol. The highest BCUT2D eigenvalue weighted by atomic mass is 32.1. The lowest BCUT2D eigenvalue weighted by atomic mass is 10.3. The molecular formula is C13H12N4O2S2. The molecule has 0 aliphatic rings. The molecule has 108 valence electrons. The molecule has 0 spiro atoms. The molecule has 6 nitrogen and oxygen atoms in total. The Morgan fingerprint density at radius 2 is 2.19 bits per heavy atom. The highest BCUT2D eigenvalue weighted by molar-refractivity contribution is 7.15. The van der Waals surface area contributed by atoms with Crippen molar-refractivity contribution in [2.75, 3.05) is 5.32 Å². The van der Waals surface area contributed by atoms with Gasteiger partial charge in [0.1, 0.15) is 10.8 Å². The van der Waals surface area contributed by atoms with Gasteiger partial charge in [-0.25, -0.2) is 4.98 Å². The standard InChI is InChI=1S/C13H12N4O2S2/c1-7-3-4-10(19-7)12-14-9(6-20-12)5-11(18)15-13-17-16-8(2)21-13/h3-4,6H,5H2,1-2H3,(H,15,17,18). The van der Waals surface area contributed by atoms with E-state index in [-0.39, 0.29) is 12.3 Å². The number of carbonyl (C=O) groups is 1. The monoisotopic (exact) mass is 320 g/mol. The molecule has 0 bridgehead atoms. The second-order valence-corrected chi connectivity index (χ2v) is 6.45. The Morgan fingerprint density at radius 1 is 1.33 bits per heavy atom. The van der Waals surface area contributed by atoms with Gasteiger partial charge in [0.15, 0.2) is 10.8 Å². The summed E-state index contributed by atoms with van der Waals surface area (Å²) in [7, 11) is 0. The molecule has 0 saturated heterocycles. The molecule has 1 N–H and O–H groups in total. The Balaban J connectivity index is 1.65. The van der Waals surface area contributed by atoms with Gasteiger partial charge in [-0.05, 0) is 26.0 Å². The van der Waals surface area contributed by atoms with E-state index in [0.29, 0.717) is 10.8 Å². The van der Waals surface area contributed by atoms with Crippen molar-refractivity contribution < 1.29 is 9.21 Å². The number of nitrogens with zero attached hydrogens (tertiary/aromatic N) is 3. The van der Waals surface area contributed by atoms with Crippen LogP contribution in [0.3, 0.4) is 0 Å². The van der Waals surface area contributed by atoms with Crippen molar-refractivity contribution in [2.24, 2.45) is 0 Å². The van der Waals surface area contributed by atoms with E-state index >= 15 is 0 Å². The number of aromatic nitrogens is 3. The van der Waals surface area contributed by atoms with Crippen LogP contribution >= 0.6 is 22.7 Å². The molecule has 0 saturated carbocycles. The third-order valence-electron chi connectivity index (χ3n) is 2.62. The van der Waals surface area contributed by atoms with E-state index in [1.165, 1.54) is 22.7 Å². The molecular weight excluding hydrogens is 308 g/mol. The molecule has 0 aromatic carbocycles. The number of carbonyl (C=O) groups excluding carboxylic acids is 1. The number of rotatable bonds is 4. The minimum absolute atomic E-state index is 0.154. The molecule has 3 aromatic rings. The topological polar surface area (TPSA) is 80.9 Å². The summed E-state index contributed by atoms with van der Waals surface area (Å²) in [6.45, 7) is 3.72. The van der Waals surface area contributed by atoms with Crippen molar-refractivity contribution >= 4 is 33.7 Å². The number of anilines is 1. The highest BCUT2D eigenvalue weighted by Crippen LogP contribution is 2.25. The number of aryl methyl sites for hydroxylation is 2. The van der Waals surface area contributed by atoms with Crippen LogP contribution < -0.4 is 5.32 Å². The van der Waals surface area contributed by atoms with Gasteiger partial charge < -0.3 is 9.73 Å². The molecule has 0 radical (unpaired) electrons. The second kappa shape index (κ2) is 5.74. The van der Waals surface area contributed by atoms with Gasteiger partial charge >= 0.3 is 0 Å². The van der Waals surface area contributed by atoms with E-state index in [1.54, 1.807) is 0 Å². The lowest BCUT2D eigenvalue weighted by molar-refractivity contribution is -0.115. The van der Waals surface area contributed by atoms with Crippen molar-refractivity contribution in [3.63, 3.8) is 0 Å². The van der Waals surface area contributed by atoms with Crippen LogP contribution in [0.15, 0.2) is 21.9 Å². The maximum absolute atomic E-state index is 11.9. The molecule has 0 unspecified atom stereocenters. The Kier molecular flexibility index (Phi) is 3.80. The Morgan fingerprint density at radius 3 is 2.86 bits per heavy atom. The number of amides is 1. The molecule has 21 heavy (non-hydrogen) atoms. The van der Waals surface area contributed by atoms with Gasteiger partial charge in [-0.15, -0.1) is 21.5 Å². The van der Waals surface area contributed by atoms with E-state index in [2.05, 4.69) is 20.5 Å². The maximum atomic E-state index is 11.9. The molecule has 0 aliphatic heterocycles. The summed E-state index contributed by atoms with van der Waals surface area (Å²) in [5.74, 6) is 1.41. The fourth-order valence-corrected chi connectivity index (χ4v) is 3.11. The first-order valence-corrected chi connectivity index (χ1v) is 7.91. The lowest BCUT2D eigenvalue weighted by Gasteiger charge is -1.97. The Bertz CT molecular complexity index is 775. The van der Waals surface area contributed by atoms with Gasteiger partial charge in [-0.1, -0.05) is 11.3 Å². The molecule has 3 heterocycles. The van der Waals surface area contributed by atoms with Crippen LogP contribution in [0.5, 0.6) is 0 Å². The Labute approximate surface area is 128 Å². The summed E-state index contributed by atoms with van der Waals surface area (Å²) in [5.41, 5.74) is 0.711. The van der Waals surface area contributed by atoms with Crippen molar-refractivity contribution in [1.82, 2.24) is 15.2 Å². The van der Waals surface area contributed by atoms with Gasteiger partial charge in [-0.3, -0.25) is 4.79 Å². The summed E-state index contributed by atoms with van der Waals surface area (Å²) in [6, 6.07) is 3.77. The average Bonchev–Trinajstić information content (AvgIpc) is 3.12. The zero-order chi connectivity index (χ0) is 14.8. The van der Waals surface area contributed by atoms with E-state index in [4.69, 9.17) is 4.42 Å². The fourth-order valence-electron chi connectivity index (χ4n) is 1.73. The predicted octanol–water partition coefficient (Wildman–Crippen LogP) is 3.05. The van der Waals surface area contributed by atoms with Crippen LogP contribution in [0.4, 0.5) is 5.13 Å². The second-order valence-electron chi connectivity index (χ2n) is 4.41. The van der Waals surface area contributed by atoms with Crippen LogP contribution in [0.1, 0.15) is 16.5 Å². The van der Waals surface area contributed by atoms with Crippen molar-refractivity contribution in [3.05, 3.63) is 34.0 Å².